The summed E-state index contributed by atoms with van der Waals surface area (Å²) in [6.45, 7) is 4.45. The van der Waals surface area contributed by atoms with Crippen molar-refractivity contribution in [1.29, 1.82) is 0 Å². The van der Waals surface area contributed by atoms with Crippen molar-refractivity contribution < 1.29 is 27.5 Å². The van der Waals surface area contributed by atoms with Crippen molar-refractivity contribution in [3.05, 3.63) is 22.8 Å². The molecule has 1 aliphatic rings. The Balaban J connectivity index is 1.99. The number of hydrogen-bond donors (Lipinski definition) is 1. The van der Waals surface area contributed by atoms with E-state index in [1.54, 1.807) is 4.90 Å². The summed E-state index contributed by atoms with van der Waals surface area (Å²) in [6, 6.07) is 0.133. The van der Waals surface area contributed by atoms with Crippen LogP contribution in [-0.2, 0) is 20.5 Å². The van der Waals surface area contributed by atoms with E-state index in [1.165, 1.54) is 7.11 Å². The number of carbonyl (C=O) groups excluding carboxylic acids is 2. The van der Waals surface area contributed by atoms with Crippen molar-refractivity contribution in [1.82, 2.24) is 10.3 Å². The molecule has 2 rings (SSSR count). The van der Waals surface area contributed by atoms with Crippen LogP contribution in [0.15, 0.2) is 12.3 Å². The van der Waals surface area contributed by atoms with Crippen LogP contribution in [-0.4, -0.2) is 43.1 Å². The summed E-state index contributed by atoms with van der Waals surface area (Å²) in [5.41, 5.74) is -0.905. The number of ether oxygens (including phenoxy) is 1. The SMILES string of the molecule is COC(=O)C(NC(=O)C1CCN(c2ncc(C(F)(F)F)cc2Cl)CC1)C(C)C. The van der Waals surface area contributed by atoms with E-state index in [-0.39, 0.29) is 28.6 Å². The number of anilines is 1. The molecule has 1 aromatic rings. The van der Waals surface area contributed by atoms with Gasteiger partial charge < -0.3 is 15.0 Å². The Morgan fingerprint density at radius 1 is 1.32 bits per heavy atom. The van der Waals surface area contributed by atoms with Gasteiger partial charge in [0.05, 0.1) is 17.7 Å². The van der Waals surface area contributed by atoms with Gasteiger partial charge in [0.2, 0.25) is 5.91 Å². The van der Waals surface area contributed by atoms with Crippen LogP contribution in [0.2, 0.25) is 5.02 Å². The maximum Gasteiger partial charge on any atom is 0.417 e. The second-order valence-corrected chi connectivity index (χ2v) is 7.45. The van der Waals surface area contributed by atoms with E-state index in [0.29, 0.717) is 25.9 Å². The molecule has 1 atom stereocenters. The van der Waals surface area contributed by atoms with Crippen LogP contribution in [0.3, 0.4) is 0 Å². The lowest BCUT2D eigenvalue weighted by Gasteiger charge is -2.33. The molecule has 2 heterocycles. The Kier molecular flexibility index (Phi) is 7.14. The second-order valence-electron chi connectivity index (χ2n) is 7.04. The Morgan fingerprint density at radius 2 is 1.93 bits per heavy atom. The number of esters is 1. The van der Waals surface area contributed by atoms with Crippen LogP contribution in [0.5, 0.6) is 0 Å². The largest absolute Gasteiger partial charge is 0.467 e. The molecule has 0 radical (unpaired) electrons. The van der Waals surface area contributed by atoms with Crippen LogP contribution in [0.1, 0.15) is 32.3 Å². The molecule has 1 N–H and O–H groups in total. The van der Waals surface area contributed by atoms with E-state index in [9.17, 15) is 22.8 Å². The molecule has 1 unspecified atom stereocenters. The highest BCUT2D eigenvalue weighted by Gasteiger charge is 2.34. The third-order valence-electron chi connectivity index (χ3n) is 4.73. The smallest absolute Gasteiger partial charge is 0.417 e. The number of rotatable bonds is 5. The molecule has 1 saturated heterocycles. The van der Waals surface area contributed by atoms with Crippen LogP contribution in [0, 0.1) is 11.8 Å². The average Bonchev–Trinajstić information content (AvgIpc) is 2.64. The lowest BCUT2D eigenvalue weighted by molar-refractivity contribution is -0.147. The van der Waals surface area contributed by atoms with E-state index in [1.807, 2.05) is 13.8 Å². The molecule has 0 spiro atoms. The average molecular weight is 422 g/mol. The van der Waals surface area contributed by atoms with Crippen molar-refractivity contribution in [2.45, 2.75) is 38.9 Å². The summed E-state index contributed by atoms with van der Waals surface area (Å²) < 4.78 is 42.9. The van der Waals surface area contributed by atoms with Crippen molar-refractivity contribution in [2.24, 2.45) is 11.8 Å². The van der Waals surface area contributed by atoms with Crippen LogP contribution in [0.4, 0.5) is 19.0 Å². The summed E-state index contributed by atoms with van der Waals surface area (Å²) in [7, 11) is 1.27. The lowest BCUT2D eigenvalue weighted by Crippen LogP contribution is -2.49. The molecule has 0 aliphatic carbocycles. The van der Waals surface area contributed by atoms with E-state index >= 15 is 0 Å². The molecule has 0 bridgehead atoms. The van der Waals surface area contributed by atoms with Gasteiger partial charge in [0.15, 0.2) is 0 Å². The predicted octanol–water partition coefficient (Wildman–Crippen LogP) is 3.28. The van der Waals surface area contributed by atoms with Gasteiger partial charge in [-0.05, 0) is 24.8 Å². The fourth-order valence-electron chi connectivity index (χ4n) is 3.07. The minimum atomic E-state index is -4.51. The zero-order valence-electron chi connectivity index (χ0n) is 15.8. The maximum atomic E-state index is 12.7. The van der Waals surface area contributed by atoms with E-state index in [2.05, 4.69) is 10.3 Å². The summed E-state index contributed by atoms with van der Waals surface area (Å²) in [5.74, 6) is -0.901. The van der Waals surface area contributed by atoms with Crippen molar-refractivity contribution in [2.75, 3.05) is 25.1 Å². The fourth-order valence-corrected chi connectivity index (χ4v) is 3.35. The number of amides is 1. The van der Waals surface area contributed by atoms with Crippen molar-refractivity contribution in [3.63, 3.8) is 0 Å². The maximum absolute atomic E-state index is 12.7. The number of aromatic nitrogens is 1. The predicted molar refractivity (Wildman–Crippen MR) is 98.0 cm³/mol. The molecular weight excluding hydrogens is 399 g/mol. The van der Waals surface area contributed by atoms with E-state index < -0.39 is 23.8 Å². The first-order valence-electron chi connectivity index (χ1n) is 8.90. The monoisotopic (exact) mass is 421 g/mol. The molecule has 28 heavy (non-hydrogen) atoms. The number of carbonyl (C=O) groups is 2. The highest BCUT2D eigenvalue weighted by molar-refractivity contribution is 6.33. The van der Waals surface area contributed by atoms with Gasteiger partial charge in [-0.1, -0.05) is 25.4 Å². The third-order valence-corrected chi connectivity index (χ3v) is 5.01. The molecule has 10 heteroatoms. The summed E-state index contributed by atoms with van der Waals surface area (Å²) in [5, 5.41) is 2.65. The first-order chi connectivity index (χ1) is 13.0. The quantitative estimate of drug-likeness (QED) is 0.739. The van der Waals surface area contributed by atoms with Crippen molar-refractivity contribution >= 4 is 29.3 Å². The zero-order valence-corrected chi connectivity index (χ0v) is 16.6. The van der Waals surface area contributed by atoms with Gasteiger partial charge in [0.1, 0.15) is 11.9 Å². The van der Waals surface area contributed by atoms with Gasteiger partial charge in [-0.3, -0.25) is 4.79 Å². The number of halogens is 4. The minimum Gasteiger partial charge on any atom is -0.467 e. The number of hydrogen-bond acceptors (Lipinski definition) is 5. The van der Waals surface area contributed by atoms with Crippen LogP contribution < -0.4 is 10.2 Å². The molecule has 6 nitrogen and oxygen atoms in total. The molecule has 1 amide bonds. The van der Waals surface area contributed by atoms with Gasteiger partial charge >= 0.3 is 12.1 Å². The standard InChI is InChI=1S/C18H23ClF3N3O3/c1-10(2)14(17(27)28-3)24-16(26)11-4-6-25(7-5-11)15-13(19)8-12(9-23-15)18(20,21)22/h8-11,14H,4-7H2,1-3H3,(H,24,26). The number of methoxy groups -OCH3 is 1. The van der Waals surface area contributed by atoms with Gasteiger partial charge in [0.25, 0.3) is 0 Å². The highest BCUT2D eigenvalue weighted by Crippen LogP contribution is 2.34. The highest BCUT2D eigenvalue weighted by atomic mass is 35.5. The van der Waals surface area contributed by atoms with E-state index in [4.69, 9.17) is 16.3 Å². The third kappa shape index (κ3) is 5.27. The second kappa shape index (κ2) is 8.98. The Labute approximate surface area is 166 Å². The minimum absolute atomic E-state index is 0.0803. The summed E-state index contributed by atoms with van der Waals surface area (Å²) in [6.07, 6.45) is -2.82. The molecule has 1 aliphatic heterocycles. The van der Waals surface area contributed by atoms with Crippen molar-refractivity contribution in [3.8, 4) is 0 Å². The molecule has 1 fully saturated rings. The number of nitrogens with zero attached hydrogens (tertiary/aromatic N) is 2. The molecule has 0 aromatic carbocycles. The van der Waals surface area contributed by atoms with E-state index in [0.717, 1.165) is 12.3 Å². The normalized spacial score (nSPS) is 16.8. The van der Waals surface area contributed by atoms with Gasteiger partial charge in [0, 0.05) is 25.2 Å². The summed E-state index contributed by atoms with van der Waals surface area (Å²) >= 11 is 5.99. The number of nitrogens with one attached hydrogen (secondary N) is 1. The van der Waals surface area contributed by atoms with Gasteiger partial charge in [-0.2, -0.15) is 13.2 Å². The number of pyridine rings is 1. The Bertz CT molecular complexity index is 720. The molecule has 156 valence electrons. The molecular formula is C18H23ClF3N3O3. The Hall–Kier alpha value is -2.03. The topological polar surface area (TPSA) is 71.5 Å². The lowest BCUT2D eigenvalue weighted by atomic mass is 9.94. The first kappa shape index (κ1) is 22.3. The zero-order chi connectivity index (χ0) is 21.1. The number of piperidine rings is 1. The summed E-state index contributed by atoms with van der Waals surface area (Å²) in [4.78, 5) is 29.9. The number of alkyl halides is 3. The first-order valence-corrected chi connectivity index (χ1v) is 9.28. The molecule has 1 aromatic heterocycles. The van der Waals surface area contributed by atoms with Gasteiger partial charge in [-0.25, -0.2) is 9.78 Å². The fraction of sp³-hybridized carbons (Fsp3) is 0.611. The van der Waals surface area contributed by atoms with Crippen LogP contribution in [0.25, 0.3) is 0 Å². The molecule has 0 saturated carbocycles. The Morgan fingerprint density at radius 3 is 2.39 bits per heavy atom. The van der Waals surface area contributed by atoms with Gasteiger partial charge in [-0.15, -0.1) is 0 Å². The van der Waals surface area contributed by atoms with Crippen LogP contribution >= 0.6 is 11.6 Å².